The number of pyridine rings is 1. The van der Waals surface area contributed by atoms with E-state index >= 15 is 0 Å². The van der Waals surface area contributed by atoms with E-state index in [0.29, 0.717) is 16.9 Å². The van der Waals surface area contributed by atoms with Gasteiger partial charge in [-0.15, -0.1) is 0 Å². The van der Waals surface area contributed by atoms with E-state index in [-0.39, 0.29) is 16.9 Å². The standard InChI is InChI=1S/C25H23FN6O2S/c1-14-9-23(35-32-14)31-20-11-21(19(26)10-18(20)25(28)34)30-22(13-33)24(27)16-6-4-15(5-7-16)17-3-2-8-29-12-17/h2-13,22,24,30-31H,27H2,1H3,(H2,28,34). The van der Waals surface area contributed by atoms with Crippen LogP contribution in [0.1, 0.15) is 27.7 Å². The molecule has 35 heavy (non-hydrogen) atoms. The molecule has 1 amide bonds. The van der Waals surface area contributed by atoms with Crippen molar-refractivity contribution in [2.45, 2.75) is 19.0 Å². The van der Waals surface area contributed by atoms with Crippen molar-refractivity contribution in [3.05, 3.63) is 89.6 Å². The summed E-state index contributed by atoms with van der Waals surface area (Å²) in [6, 6.07) is 13.7. The minimum absolute atomic E-state index is 0.00160. The average molecular weight is 491 g/mol. The van der Waals surface area contributed by atoms with Crippen LogP contribution < -0.4 is 22.1 Å². The molecule has 10 heteroatoms. The van der Waals surface area contributed by atoms with Crippen molar-refractivity contribution >= 4 is 40.1 Å². The van der Waals surface area contributed by atoms with Gasteiger partial charge < -0.3 is 26.9 Å². The predicted molar refractivity (Wildman–Crippen MR) is 135 cm³/mol. The molecule has 2 aromatic carbocycles. The Bertz CT molecular complexity index is 1340. The zero-order valence-corrected chi connectivity index (χ0v) is 19.6. The molecule has 6 N–H and O–H groups in total. The number of carbonyl (C=O) groups is 2. The Morgan fingerprint density at radius 3 is 2.49 bits per heavy atom. The number of carbonyl (C=O) groups excluding carboxylic acids is 2. The van der Waals surface area contributed by atoms with Crippen LogP contribution in [-0.2, 0) is 4.79 Å². The van der Waals surface area contributed by atoms with Crippen LogP contribution in [0.15, 0.2) is 67.0 Å². The number of benzene rings is 2. The first kappa shape index (κ1) is 24.0. The van der Waals surface area contributed by atoms with Gasteiger partial charge in [-0.2, -0.15) is 4.37 Å². The van der Waals surface area contributed by atoms with E-state index < -0.39 is 23.8 Å². The molecule has 2 heterocycles. The Morgan fingerprint density at radius 2 is 1.89 bits per heavy atom. The lowest BCUT2D eigenvalue weighted by Crippen LogP contribution is -2.35. The summed E-state index contributed by atoms with van der Waals surface area (Å²) in [5.74, 6) is -1.53. The number of aromatic nitrogens is 2. The molecule has 2 aromatic heterocycles. The summed E-state index contributed by atoms with van der Waals surface area (Å²) in [4.78, 5) is 27.9. The molecule has 0 aliphatic heterocycles. The fraction of sp³-hybridized carbons (Fsp3) is 0.120. The number of anilines is 3. The third kappa shape index (κ3) is 5.51. The molecule has 0 fully saturated rings. The molecule has 2 atom stereocenters. The van der Waals surface area contributed by atoms with Crippen LogP contribution in [0, 0.1) is 12.7 Å². The average Bonchev–Trinajstić information content (AvgIpc) is 3.28. The van der Waals surface area contributed by atoms with E-state index in [1.165, 1.54) is 17.6 Å². The highest BCUT2D eigenvalue weighted by Gasteiger charge is 2.22. The topological polar surface area (TPSA) is 136 Å². The van der Waals surface area contributed by atoms with Crippen molar-refractivity contribution in [3.63, 3.8) is 0 Å². The number of hydrogen-bond acceptors (Lipinski definition) is 8. The van der Waals surface area contributed by atoms with Crippen LogP contribution in [0.25, 0.3) is 11.1 Å². The zero-order valence-electron chi connectivity index (χ0n) is 18.7. The molecular weight excluding hydrogens is 467 g/mol. The smallest absolute Gasteiger partial charge is 0.250 e. The van der Waals surface area contributed by atoms with Gasteiger partial charge >= 0.3 is 0 Å². The van der Waals surface area contributed by atoms with Crippen molar-refractivity contribution in [2.75, 3.05) is 10.6 Å². The third-order valence-electron chi connectivity index (χ3n) is 5.40. The number of amides is 1. The summed E-state index contributed by atoms with van der Waals surface area (Å²) >= 11 is 1.19. The van der Waals surface area contributed by atoms with Crippen molar-refractivity contribution in [1.82, 2.24) is 9.36 Å². The first-order valence-corrected chi connectivity index (χ1v) is 11.4. The summed E-state index contributed by atoms with van der Waals surface area (Å²) < 4.78 is 19.0. The van der Waals surface area contributed by atoms with Gasteiger partial charge in [0.25, 0.3) is 5.91 Å². The van der Waals surface area contributed by atoms with Gasteiger partial charge in [-0.1, -0.05) is 30.3 Å². The van der Waals surface area contributed by atoms with E-state index in [4.69, 9.17) is 11.5 Å². The molecule has 0 saturated heterocycles. The Hall–Kier alpha value is -4.15. The molecule has 0 saturated carbocycles. The molecule has 0 aliphatic carbocycles. The SMILES string of the molecule is Cc1cc(Nc2cc(NC(C=O)C(N)c3ccc(-c4cccnc4)cc3)c(F)cc2C(N)=O)sn1. The van der Waals surface area contributed by atoms with Gasteiger partial charge in [0.2, 0.25) is 0 Å². The second-order valence-corrected chi connectivity index (χ2v) is 8.70. The first-order valence-electron chi connectivity index (χ1n) is 10.7. The summed E-state index contributed by atoms with van der Waals surface area (Å²) in [6.07, 6.45) is 4.08. The van der Waals surface area contributed by atoms with Crippen LogP contribution in [0.4, 0.5) is 20.8 Å². The van der Waals surface area contributed by atoms with Crippen LogP contribution in [-0.4, -0.2) is 27.6 Å². The Labute approximate surface area is 205 Å². The molecule has 0 bridgehead atoms. The van der Waals surface area contributed by atoms with Crippen molar-refractivity contribution in [3.8, 4) is 11.1 Å². The highest BCUT2D eigenvalue weighted by molar-refractivity contribution is 7.10. The maximum absolute atomic E-state index is 14.9. The highest BCUT2D eigenvalue weighted by Crippen LogP contribution is 2.30. The van der Waals surface area contributed by atoms with Gasteiger partial charge in [0.15, 0.2) is 0 Å². The van der Waals surface area contributed by atoms with E-state index in [9.17, 15) is 14.0 Å². The number of nitrogens with one attached hydrogen (secondary N) is 2. The predicted octanol–water partition coefficient (Wildman–Crippen LogP) is 4.17. The summed E-state index contributed by atoms with van der Waals surface area (Å²) in [7, 11) is 0. The van der Waals surface area contributed by atoms with Crippen LogP contribution in [0.5, 0.6) is 0 Å². The lowest BCUT2D eigenvalue weighted by Gasteiger charge is -2.23. The summed E-state index contributed by atoms with van der Waals surface area (Å²) in [5.41, 5.74) is 15.4. The second-order valence-electron chi connectivity index (χ2n) is 7.90. The molecule has 0 aliphatic rings. The molecule has 0 radical (unpaired) electrons. The van der Waals surface area contributed by atoms with Crippen molar-refractivity contribution < 1.29 is 14.0 Å². The highest BCUT2D eigenvalue weighted by atomic mass is 32.1. The van der Waals surface area contributed by atoms with Gasteiger partial charge in [0.1, 0.15) is 23.1 Å². The number of rotatable bonds is 9. The number of hydrogen-bond donors (Lipinski definition) is 4. The minimum atomic E-state index is -0.938. The van der Waals surface area contributed by atoms with Gasteiger partial charge in [-0.05, 0) is 59.4 Å². The minimum Gasteiger partial charge on any atom is -0.372 e. The van der Waals surface area contributed by atoms with Gasteiger partial charge in [-0.3, -0.25) is 9.78 Å². The van der Waals surface area contributed by atoms with Gasteiger partial charge in [0.05, 0.1) is 28.7 Å². The fourth-order valence-electron chi connectivity index (χ4n) is 3.57. The molecular formula is C25H23FN6O2S. The molecule has 2 unspecified atom stereocenters. The Kier molecular flexibility index (Phi) is 7.14. The van der Waals surface area contributed by atoms with Gasteiger partial charge in [0, 0.05) is 12.4 Å². The Morgan fingerprint density at radius 1 is 1.11 bits per heavy atom. The molecule has 8 nitrogen and oxygen atoms in total. The van der Waals surface area contributed by atoms with E-state index in [1.807, 2.05) is 43.3 Å². The Balaban J connectivity index is 1.58. The quantitative estimate of drug-likeness (QED) is 0.259. The largest absolute Gasteiger partial charge is 0.372 e. The fourth-order valence-corrected chi connectivity index (χ4v) is 4.25. The third-order valence-corrected chi connectivity index (χ3v) is 6.20. The number of nitrogens with zero attached hydrogens (tertiary/aromatic N) is 2. The number of primary amides is 1. The van der Waals surface area contributed by atoms with E-state index in [2.05, 4.69) is 20.0 Å². The first-order chi connectivity index (χ1) is 16.9. The summed E-state index contributed by atoms with van der Waals surface area (Å²) in [5, 5.41) is 6.55. The van der Waals surface area contributed by atoms with Crippen LogP contribution in [0.3, 0.4) is 0 Å². The second kappa shape index (κ2) is 10.4. The normalized spacial score (nSPS) is 12.5. The molecule has 0 spiro atoms. The molecule has 178 valence electrons. The lowest BCUT2D eigenvalue weighted by atomic mass is 9.97. The van der Waals surface area contributed by atoms with Crippen LogP contribution in [0.2, 0.25) is 0 Å². The van der Waals surface area contributed by atoms with E-state index in [1.54, 1.807) is 18.5 Å². The number of halogens is 1. The number of aryl methyl sites for hydroxylation is 1. The maximum atomic E-state index is 14.9. The van der Waals surface area contributed by atoms with Crippen LogP contribution >= 0.6 is 11.5 Å². The summed E-state index contributed by atoms with van der Waals surface area (Å²) in [6.45, 7) is 1.83. The van der Waals surface area contributed by atoms with E-state index in [0.717, 1.165) is 22.9 Å². The number of aldehydes is 1. The lowest BCUT2D eigenvalue weighted by molar-refractivity contribution is -0.108. The number of nitrogens with two attached hydrogens (primary N) is 2. The van der Waals surface area contributed by atoms with Gasteiger partial charge in [-0.25, -0.2) is 4.39 Å². The van der Waals surface area contributed by atoms with Crippen molar-refractivity contribution in [1.29, 1.82) is 0 Å². The zero-order chi connectivity index (χ0) is 24.9. The molecule has 4 rings (SSSR count). The maximum Gasteiger partial charge on any atom is 0.250 e. The van der Waals surface area contributed by atoms with Crippen molar-refractivity contribution in [2.24, 2.45) is 11.5 Å². The molecule has 4 aromatic rings. The monoisotopic (exact) mass is 490 g/mol.